The summed E-state index contributed by atoms with van der Waals surface area (Å²) in [5.74, 6) is 0.751. The van der Waals surface area contributed by atoms with Gasteiger partial charge in [-0.3, -0.25) is 18.9 Å². The van der Waals surface area contributed by atoms with Crippen LogP contribution in [-0.2, 0) is 13.6 Å². The molecule has 3 N–H and O–H groups in total. The summed E-state index contributed by atoms with van der Waals surface area (Å²) in [5, 5.41) is 2.27. The molecule has 0 spiro atoms. The number of aromatic amines is 1. The third kappa shape index (κ3) is 2.82. The lowest BCUT2D eigenvalue weighted by Crippen LogP contribution is -2.89. The average Bonchev–Trinajstić information content (AvgIpc) is 3.00. The molecule has 1 aliphatic rings. The fraction of sp³-hybridized carbons (Fsp3) is 0.389. The zero-order valence-corrected chi connectivity index (χ0v) is 15.0. The van der Waals surface area contributed by atoms with Gasteiger partial charge in [-0.1, -0.05) is 29.8 Å². The van der Waals surface area contributed by atoms with Crippen LogP contribution in [0.25, 0.3) is 11.2 Å². The molecule has 136 valence electrons. The molecule has 8 nitrogen and oxygen atoms in total. The van der Waals surface area contributed by atoms with Crippen LogP contribution in [0.3, 0.4) is 0 Å². The van der Waals surface area contributed by atoms with E-state index in [0.717, 1.165) is 37.7 Å². The van der Waals surface area contributed by atoms with Gasteiger partial charge in [-0.25, -0.2) is 4.79 Å². The average molecular weight is 355 g/mol. The van der Waals surface area contributed by atoms with Crippen molar-refractivity contribution in [2.75, 3.05) is 31.1 Å². The van der Waals surface area contributed by atoms with Gasteiger partial charge in [0.05, 0.1) is 32.7 Å². The number of aromatic nitrogens is 4. The molecular formula is C18H23N6O2+. The highest BCUT2D eigenvalue weighted by atomic mass is 16.2. The van der Waals surface area contributed by atoms with E-state index in [-0.39, 0.29) is 0 Å². The molecule has 4 rings (SSSR count). The number of aryl methyl sites for hydroxylation is 2. The number of imidazole rings is 1. The SMILES string of the molecule is Cc1cccc(Cn2c(N3CC[NH2+]CC3)nc3c2c(=O)[nH]c(=O)n3C)c1. The van der Waals surface area contributed by atoms with Gasteiger partial charge in [0.1, 0.15) is 0 Å². The van der Waals surface area contributed by atoms with Gasteiger partial charge in [-0.05, 0) is 12.5 Å². The van der Waals surface area contributed by atoms with E-state index in [9.17, 15) is 9.59 Å². The second-order valence-corrected chi connectivity index (χ2v) is 6.83. The molecule has 0 unspecified atom stereocenters. The van der Waals surface area contributed by atoms with E-state index in [4.69, 9.17) is 4.98 Å². The number of piperazine rings is 1. The van der Waals surface area contributed by atoms with E-state index >= 15 is 0 Å². The van der Waals surface area contributed by atoms with Crippen LogP contribution in [0.15, 0.2) is 33.9 Å². The summed E-state index contributed by atoms with van der Waals surface area (Å²) in [5.41, 5.74) is 2.30. The highest BCUT2D eigenvalue weighted by Gasteiger charge is 2.23. The molecule has 1 fully saturated rings. The molecule has 2 aromatic heterocycles. The minimum atomic E-state index is -0.443. The second-order valence-electron chi connectivity index (χ2n) is 6.83. The lowest BCUT2D eigenvalue weighted by Gasteiger charge is -2.26. The van der Waals surface area contributed by atoms with Crippen molar-refractivity contribution in [1.82, 2.24) is 19.1 Å². The largest absolute Gasteiger partial charge is 0.343 e. The van der Waals surface area contributed by atoms with E-state index in [1.807, 2.05) is 29.7 Å². The first-order chi connectivity index (χ1) is 12.5. The van der Waals surface area contributed by atoms with Crippen molar-refractivity contribution >= 4 is 17.1 Å². The zero-order chi connectivity index (χ0) is 18.3. The van der Waals surface area contributed by atoms with E-state index in [0.29, 0.717) is 17.7 Å². The Balaban J connectivity index is 1.93. The molecule has 3 aromatic rings. The summed E-state index contributed by atoms with van der Waals surface area (Å²) < 4.78 is 3.34. The van der Waals surface area contributed by atoms with Crippen molar-refractivity contribution in [3.8, 4) is 0 Å². The first-order valence-corrected chi connectivity index (χ1v) is 8.86. The number of hydrogen-bond donors (Lipinski definition) is 2. The lowest BCUT2D eigenvalue weighted by atomic mass is 10.1. The van der Waals surface area contributed by atoms with Gasteiger partial charge in [-0.15, -0.1) is 0 Å². The Hall–Kier alpha value is -2.87. The van der Waals surface area contributed by atoms with Gasteiger partial charge in [0.15, 0.2) is 11.2 Å². The van der Waals surface area contributed by atoms with E-state index in [1.54, 1.807) is 7.05 Å². The Labute approximate surface area is 150 Å². The number of quaternary nitrogens is 1. The molecule has 0 amide bonds. The molecule has 8 heteroatoms. The summed E-state index contributed by atoms with van der Waals surface area (Å²) in [7, 11) is 1.64. The maximum absolute atomic E-state index is 12.6. The number of rotatable bonds is 3. The van der Waals surface area contributed by atoms with Gasteiger partial charge < -0.3 is 10.2 Å². The molecular weight excluding hydrogens is 332 g/mol. The highest BCUT2D eigenvalue weighted by Crippen LogP contribution is 2.21. The Morgan fingerprint density at radius 1 is 1.23 bits per heavy atom. The van der Waals surface area contributed by atoms with E-state index in [1.165, 1.54) is 10.1 Å². The highest BCUT2D eigenvalue weighted by molar-refractivity contribution is 5.74. The van der Waals surface area contributed by atoms with Gasteiger partial charge in [0, 0.05) is 7.05 Å². The van der Waals surface area contributed by atoms with Crippen LogP contribution < -0.4 is 21.5 Å². The Morgan fingerprint density at radius 3 is 2.73 bits per heavy atom. The van der Waals surface area contributed by atoms with Crippen molar-refractivity contribution in [3.05, 3.63) is 56.2 Å². The molecule has 1 aliphatic heterocycles. The first-order valence-electron chi connectivity index (χ1n) is 8.86. The number of nitrogens with zero attached hydrogens (tertiary/aromatic N) is 4. The van der Waals surface area contributed by atoms with Crippen molar-refractivity contribution in [3.63, 3.8) is 0 Å². The monoisotopic (exact) mass is 355 g/mol. The molecule has 0 saturated carbocycles. The molecule has 26 heavy (non-hydrogen) atoms. The smallest absolute Gasteiger partial charge is 0.329 e. The van der Waals surface area contributed by atoms with Gasteiger partial charge in [0.2, 0.25) is 5.95 Å². The number of nitrogens with two attached hydrogens (primary N) is 1. The number of nitrogens with one attached hydrogen (secondary N) is 1. The van der Waals surface area contributed by atoms with Crippen molar-refractivity contribution in [1.29, 1.82) is 0 Å². The van der Waals surface area contributed by atoms with Crippen molar-refractivity contribution in [2.45, 2.75) is 13.5 Å². The number of fused-ring (bicyclic) bond motifs is 1. The third-order valence-corrected chi connectivity index (χ3v) is 4.90. The van der Waals surface area contributed by atoms with Crippen LogP contribution in [0.2, 0.25) is 0 Å². The molecule has 1 aromatic carbocycles. The van der Waals surface area contributed by atoms with Crippen molar-refractivity contribution < 1.29 is 5.32 Å². The Morgan fingerprint density at radius 2 is 2.00 bits per heavy atom. The summed E-state index contributed by atoms with van der Waals surface area (Å²) in [4.78, 5) is 33.9. The van der Waals surface area contributed by atoms with Crippen LogP contribution in [0.5, 0.6) is 0 Å². The van der Waals surface area contributed by atoms with E-state index in [2.05, 4.69) is 21.3 Å². The van der Waals surface area contributed by atoms with Gasteiger partial charge in [0.25, 0.3) is 5.56 Å². The summed E-state index contributed by atoms with van der Waals surface area (Å²) in [6.07, 6.45) is 0. The molecule has 0 aliphatic carbocycles. The predicted molar refractivity (Wildman–Crippen MR) is 99.7 cm³/mol. The molecule has 0 radical (unpaired) electrons. The number of hydrogen-bond acceptors (Lipinski definition) is 4. The molecule has 3 heterocycles. The predicted octanol–water partition coefficient (Wildman–Crippen LogP) is -0.837. The quantitative estimate of drug-likeness (QED) is 0.641. The van der Waals surface area contributed by atoms with Crippen LogP contribution in [-0.4, -0.2) is 45.3 Å². The molecule has 0 atom stereocenters. The van der Waals surface area contributed by atoms with Crippen LogP contribution in [0, 0.1) is 6.92 Å². The van der Waals surface area contributed by atoms with E-state index < -0.39 is 11.2 Å². The van der Waals surface area contributed by atoms with Crippen LogP contribution >= 0.6 is 0 Å². The standard InChI is InChI=1S/C18H22N6O2/c1-12-4-3-5-13(10-12)11-24-14-15(22(2)18(26)21-16(14)25)20-17(24)23-8-6-19-7-9-23/h3-5,10,19H,6-9,11H2,1-2H3,(H,21,25,26)/p+1. The van der Waals surface area contributed by atoms with Crippen molar-refractivity contribution in [2.24, 2.45) is 7.05 Å². The summed E-state index contributed by atoms with van der Waals surface area (Å²) >= 11 is 0. The summed E-state index contributed by atoms with van der Waals surface area (Å²) in [6, 6.07) is 8.21. The first kappa shape index (κ1) is 16.6. The lowest BCUT2D eigenvalue weighted by molar-refractivity contribution is -0.655. The number of benzene rings is 1. The Bertz CT molecular complexity index is 1070. The summed E-state index contributed by atoms with van der Waals surface area (Å²) in [6.45, 7) is 6.29. The number of H-pyrrole nitrogens is 1. The Kier molecular flexibility index (Phi) is 4.12. The second kappa shape index (κ2) is 6.45. The number of anilines is 1. The van der Waals surface area contributed by atoms with Crippen LogP contribution in [0.4, 0.5) is 5.95 Å². The molecule has 0 bridgehead atoms. The molecule has 1 saturated heterocycles. The maximum Gasteiger partial charge on any atom is 0.329 e. The fourth-order valence-corrected chi connectivity index (χ4v) is 3.56. The maximum atomic E-state index is 12.6. The normalized spacial score (nSPS) is 14.9. The minimum absolute atomic E-state index is 0.391. The third-order valence-electron chi connectivity index (χ3n) is 4.90. The minimum Gasteiger partial charge on any atom is -0.343 e. The zero-order valence-electron chi connectivity index (χ0n) is 15.0. The van der Waals surface area contributed by atoms with Gasteiger partial charge in [-0.2, -0.15) is 4.98 Å². The van der Waals surface area contributed by atoms with Crippen LogP contribution in [0.1, 0.15) is 11.1 Å². The fourth-order valence-electron chi connectivity index (χ4n) is 3.56. The topological polar surface area (TPSA) is 92.5 Å². The van der Waals surface area contributed by atoms with Gasteiger partial charge >= 0.3 is 5.69 Å².